The Balaban J connectivity index is 1.50. The highest BCUT2D eigenvalue weighted by Gasteiger charge is 2.21. The Morgan fingerprint density at radius 3 is 2.50 bits per heavy atom. The predicted molar refractivity (Wildman–Crippen MR) is 85.0 cm³/mol. The zero-order chi connectivity index (χ0) is 15.4. The zero-order valence-corrected chi connectivity index (χ0v) is 13.6. The molecule has 1 aliphatic carbocycles. The first-order valence-corrected chi connectivity index (χ1v) is 9.53. The summed E-state index contributed by atoms with van der Waals surface area (Å²) >= 11 is 0. The fraction of sp³-hybridized carbons (Fsp3) is 0.625. The van der Waals surface area contributed by atoms with Gasteiger partial charge >= 0.3 is 0 Å². The van der Waals surface area contributed by atoms with Gasteiger partial charge in [0.1, 0.15) is 0 Å². The maximum absolute atomic E-state index is 12.2. The SMILES string of the molecule is O=S(=O)(NCC1CCCO1)c1ccc(CNCC2CC2)cc1. The zero-order valence-electron chi connectivity index (χ0n) is 12.8. The average molecular weight is 324 g/mol. The lowest BCUT2D eigenvalue weighted by molar-refractivity contribution is 0.114. The van der Waals surface area contributed by atoms with Crippen molar-refractivity contribution in [2.45, 2.75) is 43.2 Å². The first kappa shape index (κ1) is 15.9. The van der Waals surface area contributed by atoms with Crippen molar-refractivity contribution in [1.82, 2.24) is 10.0 Å². The van der Waals surface area contributed by atoms with Crippen molar-refractivity contribution < 1.29 is 13.2 Å². The molecular weight excluding hydrogens is 300 g/mol. The Kier molecular flexibility index (Phi) is 5.13. The maximum atomic E-state index is 12.2. The van der Waals surface area contributed by atoms with Gasteiger partial charge in [0.25, 0.3) is 0 Å². The minimum absolute atomic E-state index is 0.0145. The van der Waals surface area contributed by atoms with Gasteiger partial charge in [0.15, 0.2) is 0 Å². The minimum Gasteiger partial charge on any atom is -0.377 e. The molecule has 1 aromatic rings. The second-order valence-corrected chi connectivity index (χ2v) is 7.97. The molecule has 0 aromatic heterocycles. The Morgan fingerprint density at radius 1 is 1.09 bits per heavy atom. The molecule has 3 rings (SSSR count). The van der Waals surface area contributed by atoms with Crippen LogP contribution in [-0.2, 0) is 21.3 Å². The summed E-state index contributed by atoms with van der Waals surface area (Å²) in [6.07, 6.45) is 4.62. The van der Waals surface area contributed by atoms with Crippen molar-refractivity contribution in [3.63, 3.8) is 0 Å². The summed E-state index contributed by atoms with van der Waals surface area (Å²) < 4.78 is 32.5. The molecule has 122 valence electrons. The van der Waals surface area contributed by atoms with Crippen LogP contribution in [0.4, 0.5) is 0 Å². The number of nitrogens with one attached hydrogen (secondary N) is 2. The van der Waals surface area contributed by atoms with Gasteiger partial charge in [-0.15, -0.1) is 0 Å². The number of rotatable bonds is 8. The summed E-state index contributed by atoms with van der Waals surface area (Å²) in [7, 11) is -3.44. The van der Waals surface area contributed by atoms with E-state index >= 15 is 0 Å². The topological polar surface area (TPSA) is 67.4 Å². The predicted octanol–water partition coefficient (Wildman–Crippen LogP) is 1.64. The second kappa shape index (κ2) is 7.08. The molecule has 1 saturated carbocycles. The van der Waals surface area contributed by atoms with E-state index in [0.717, 1.165) is 44.0 Å². The van der Waals surface area contributed by atoms with Gasteiger partial charge in [-0.25, -0.2) is 13.1 Å². The van der Waals surface area contributed by atoms with E-state index in [9.17, 15) is 8.42 Å². The number of ether oxygens (including phenoxy) is 1. The lowest BCUT2D eigenvalue weighted by Crippen LogP contribution is -2.31. The molecule has 6 heteroatoms. The molecule has 1 saturated heterocycles. The Morgan fingerprint density at radius 2 is 1.86 bits per heavy atom. The number of hydrogen-bond acceptors (Lipinski definition) is 4. The van der Waals surface area contributed by atoms with Crippen LogP contribution < -0.4 is 10.0 Å². The summed E-state index contributed by atoms with van der Waals surface area (Å²) in [6, 6.07) is 7.10. The molecule has 0 bridgehead atoms. The second-order valence-electron chi connectivity index (χ2n) is 6.21. The van der Waals surface area contributed by atoms with Crippen LogP contribution in [0.5, 0.6) is 0 Å². The van der Waals surface area contributed by atoms with E-state index in [-0.39, 0.29) is 6.10 Å². The van der Waals surface area contributed by atoms with Crippen molar-refractivity contribution in [3.8, 4) is 0 Å². The fourth-order valence-corrected chi connectivity index (χ4v) is 3.69. The molecule has 5 nitrogen and oxygen atoms in total. The number of benzene rings is 1. The molecule has 1 unspecified atom stereocenters. The summed E-state index contributed by atoms with van der Waals surface area (Å²) in [5.74, 6) is 0.849. The van der Waals surface area contributed by atoms with Gasteiger partial charge in [-0.05, 0) is 55.8 Å². The molecule has 2 N–H and O–H groups in total. The van der Waals surface area contributed by atoms with Crippen LogP contribution in [0.25, 0.3) is 0 Å². The summed E-state index contributed by atoms with van der Waals surface area (Å²) in [5.41, 5.74) is 1.11. The van der Waals surface area contributed by atoms with E-state index in [4.69, 9.17) is 4.74 Å². The average Bonchev–Trinajstić information content (AvgIpc) is 3.19. The van der Waals surface area contributed by atoms with Crippen molar-refractivity contribution >= 4 is 10.0 Å². The van der Waals surface area contributed by atoms with E-state index < -0.39 is 10.0 Å². The van der Waals surface area contributed by atoms with Gasteiger partial charge in [-0.2, -0.15) is 0 Å². The quantitative estimate of drug-likeness (QED) is 0.763. The van der Waals surface area contributed by atoms with Crippen LogP contribution in [0, 0.1) is 5.92 Å². The van der Waals surface area contributed by atoms with Crippen LogP contribution in [0.2, 0.25) is 0 Å². The normalized spacial score (nSPS) is 22.1. The molecule has 2 fully saturated rings. The Labute approximate surface area is 132 Å². The van der Waals surface area contributed by atoms with Crippen LogP contribution in [0.1, 0.15) is 31.2 Å². The molecule has 0 radical (unpaired) electrons. The smallest absolute Gasteiger partial charge is 0.240 e. The maximum Gasteiger partial charge on any atom is 0.240 e. The van der Waals surface area contributed by atoms with Gasteiger partial charge < -0.3 is 10.1 Å². The molecule has 1 aromatic carbocycles. The molecule has 22 heavy (non-hydrogen) atoms. The van der Waals surface area contributed by atoms with E-state index in [2.05, 4.69) is 10.0 Å². The molecule has 1 atom stereocenters. The number of sulfonamides is 1. The van der Waals surface area contributed by atoms with E-state index in [1.807, 2.05) is 12.1 Å². The lowest BCUT2D eigenvalue weighted by Gasteiger charge is -2.12. The standard InChI is InChI=1S/C16H24N2O3S/c19-22(20,18-12-15-2-1-9-21-15)16-7-5-14(6-8-16)11-17-10-13-3-4-13/h5-8,13,15,17-18H,1-4,9-12H2. The first-order chi connectivity index (χ1) is 10.6. The fourth-order valence-electron chi connectivity index (χ4n) is 2.62. The Bertz CT molecular complexity index is 576. The monoisotopic (exact) mass is 324 g/mol. The van der Waals surface area contributed by atoms with Crippen LogP contribution in [0.15, 0.2) is 29.2 Å². The third kappa shape index (κ3) is 4.52. The summed E-state index contributed by atoms with van der Waals surface area (Å²) in [5, 5.41) is 3.40. The van der Waals surface area contributed by atoms with E-state index in [0.29, 0.717) is 11.4 Å². The van der Waals surface area contributed by atoms with Crippen LogP contribution >= 0.6 is 0 Å². The number of hydrogen-bond donors (Lipinski definition) is 2. The molecule has 1 aliphatic heterocycles. The minimum atomic E-state index is -3.44. The van der Waals surface area contributed by atoms with Crippen molar-refractivity contribution in [3.05, 3.63) is 29.8 Å². The summed E-state index contributed by atoms with van der Waals surface area (Å²) in [4.78, 5) is 0.316. The highest BCUT2D eigenvalue weighted by Crippen LogP contribution is 2.27. The van der Waals surface area contributed by atoms with Gasteiger partial charge in [-0.1, -0.05) is 12.1 Å². The van der Waals surface area contributed by atoms with Gasteiger partial charge in [-0.3, -0.25) is 0 Å². The first-order valence-electron chi connectivity index (χ1n) is 8.04. The van der Waals surface area contributed by atoms with E-state index in [1.165, 1.54) is 12.8 Å². The van der Waals surface area contributed by atoms with Crippen molar-refractivity contribution in [2.75, 3.05) is 19.7 Å². The summed E-state index contributed by atoms with van der Waals surface area (Å²) in [6.45, 7) is 2.94. The van der Waals surface area contributed by atoms with Gasteiger partial charge in [0, 0.05) is 19.7 Å². The van der Waals surface area contributed by atoms with Crippen molar-refractivity contribution in [1.29, 1.82) is 0 Å². The van der Waals surface area contributed by atoms with Crippen molar-refractivity contribution in [2.24, 2.45) is 5.92 Å². The van der Waals surface area contributed by atoms with Gasteiger partial charge in [0.05, 0.1) is 11.0 Å². The largest absolute Gasteiger partial charge is 0.377 e. The Hall–Kier alpha value is -0.950. The lowest BCUT2D eigenvalue weighted by atomic mass is 10.2. The third-order valence-electron chi connectivity index (χ3n) is 4.22. The molecule has 1 heterocycles. The molecule has 0 spiro atoms. The van der Waals surface area contributed by atoms with E-state index in [1.54, 1.807) is 12.1 Å². The third-order valence-corrected chi connectivity index (χ3v) is 5.66. The molecule has 2 aliphatic rings. The molecular formula is C16H24N2O3S. The highest BCUT2D eigenvalue weighted by molar-refractivity contribution is 7.89. The van der Waals surface area contributed by atoms with Crippen LogP contribution in [-0.4, -0.2) is 34.2 Å². The van der Waals surface area contributed by atoms with Crippen LogP contribution in [0.3, 0.4) is 0 Å². The highest BCUT2D eigenvalue weighted by atomic mass is 32.2. The van der Waals surface area contributed by atoms with Gasteiger partial charge in [0.2, 0.25) is 10.0 Å². The molecule has 0 amide bonds.